The number of aryl methyl sites for hydroxylation is 1. The average Bonchev–Trinajstić information content (AvgIpc) is 2.98. The normalized spacial score (nSPS) is 15.5. The zero-order valence-electron chi connectivity index (χ0n) is 13.5. The maximum Gasteiger partial charge on any atom is 0.363 e. The summed E-state index contributed by atoms with van der Waals surface area (Å²) in [6.45, 7) is 2.04. The molecule has 0 fully saturated rings. The molecule has 3 aromatic rings. The molecule has 1 heterocycles. The Morgan fingerprint density at radius 1 is 1.00 bits per heavy atom. The molecule has 0 saturated heterocycles. The number of cyclic esters (lactones) is 1. The lowest BCUT2D eigenvalue weighted by molar-refractivity contribution is -0.129. The standard InChI is InChI=1S/C21H14FNO2/c1-13-9-10-14(18-8-3-2-7-17(13)18)12-19-21(24)25-20(23-19)15-5-4-6-16(22)11-15/h2-12H,1H3. The van der Waals surface area contributed by atoms with E-state index in [0.29, 0.717) is 5.56 Å². The molecule has 3 nitrogen and oxygen atoms in total. The van der Waals surface area contributed by atoms with Crippen LogP contribution in [0.3, 0.4) is 0 Å². The molecule has 122 valence electrons. The van der Waals surface area contributed by atoms with Crippen molar-refractivity contribution < 1.29 is 13.9 Å². The van der Waals surface area contributed by atoms with Gasteiger partial charge >= 0.3 is 5.97 Å². The summed E-state index contributed by atoms with van der Waals surface area (Å²) >= 11 is 0. The predicted octanol–water partition coefficient (Wildman–Crippen LogP) is 4.63. The van der Waals surface area contributed by atoms with Gasteiger partial charge in [0.2, 0.25) is 5.90 Å². The second kappa shape index (κ2) is 5.98. The lowest BCUT2D eigenvalue weighted by Crippen LogP contribution is -2.05. The van der Waals surface area contributed by atoms with Crippen LogP contribution in [0.2, 0.25) is 0 Å². The second-order valence-corrected chi connectivity index (χ2v) is 5.86. The van der Waals surface area contributed by atoms with Crippen LogP contribution in [0.15, 0.2) is 71.4 Å². The molecule has 0 aliphatic carbocycles. The van der Waals surface area contributed by atoms with Crippen LogP contribution in [0.4, 0.5) is 4.39 Å². The van der Waals surface area contributed by atoms with Crippen LogP contribution in [0.25, 0.3) is 16.8 Å². The zero-order chi connectivity index (χ0) is 17.4. The maximum absolute atomic E-state index is 13.4. The van der Waals surface area contributed by atoms with Crippen LogP contribution in [-0.4, -0.2) is 11.9 Å². The highest BCUT2D eigenvalue weighted by atomic mass is 19.1. The number of carbonyl (C=O) groups is 1. The number of carbonyl (C=O) groups excluding carboxylic acids is 1. The molecule has 4 heteroatoms. The number of rotatable bonds is 2. The molecular weight excluding hydrogens is 317 g/mol. The van der Waals surface area contributed by atoms with Gasteiger partial charge in [-0.25, -0.2) is 14.2 Å². The van der Waals surface area contributed by atoms with Gasteiger partial charge in [-0.2, -0.15) is 0 Å². The summed E-state index contributed by atoms with van der Waals surface area (Å²) in [4.78, 5) is 16.4. The quantitative estimate of drug-likeness (QED) is 0.507. The molecule has 0 amide bonds. The van der Waals surface area contributed by atoms with Gasteiger partial charge in [0, 0.05) is 5.56 Å². The minimum Gasteiger partial charge on any atom is -0.402 e. The number of ether oxygens (including phenoxy) is 1. The first-order valence-electron chi connectivity index (χ1n) is 7.89. The van der Waals surface area contributed by atoms with E-state index in [4.69, 9.17) is 4.74 Å². The third kappa shape index (κ3) is 2.83. The van der Waals surface area contributed by atoms with E-state index >= 15 is 0 Å². The minimum atomic E-state index is -0.538. The predicted molar refractivity (Wildman–Crippen MR) is 95.7 cm³/mol. The van der Waals surface area contributed by atoms with Crippen LogP contribution in [0, 0.1) is 12.7 Å². The van der Waals surface area contributed by atoms with Crippen molar-refractivity contribution in [3.05, 3.63) is 88.9 Å². The van der Waals surface area contributed by atoms with Crippen molar-refractivity contribution in [1.82, 2.24) is 0 Å². The highest BCUT2D eigenvalue weighted by molar-refractivity contribution is 6.13. The highest BCUT2D eigenvalue weighted by Crippen LogP contribution is 2.26. The summed E-state index contributed by atoms with van der Waals surface area (Å²) < 4.78 is 18.6. The van der Waals surface area contributed by atoms with Crippen LogP contribution in [-0.2, 0) is 9.53 Å². The molecule has 0 N–H and O–H groups in total. The Labute approximate surface area is 144 Å². The Balaban J connectivity index is 1.80. The minimum absolute atomic E-state index is 0.118. The number of hydrogen-bond acceptors (Lipinski definition) is 3. The smallest absolute Gasteiger partial charge is 0.363 e. The van der Waals surface area contributed by atoms with Gasteiger partial charge < -0.3 is 4.74 Å². The molecule has 0 saturated carbocycles. The van der Waals surface area contributed by atoms with E-state index in [0.717, 1.165) is 21.9 Å². The van der Waals surface area contributed by atoms with Gasteiger partial charge in [0.15, 0.2) is 5.70 Å². The maximum atomic E-state index is 13.4. The zero-order valence-corrected chi connectivity index (χ0v) is 13.5. The topological polar surface area (TPSA) is 38.7 Å². The van der Waals surface area contributed by atoms with Crippen molar-refractivity contribution in [3.63, 3.8) is 0 Å². The second-order valence-electron chi connectivity index (χ2n) is 5.86. The first kappa shape index (κ1) is 15.3. The molecule has 0 spiro atoms. The fourth-order valence-corrected chi connectivity index (χ4v) is 2.90. The van der Waals surface area contributed by atoms with E-state index in [9.17, 15) is 9.18 Å². The van der Waals surface area contributed by atoms with Crippen LogP contribution >= 0.6 is 0 Å². The molecule has 0 atom stereocenters. The molecule has 0 aromatic heterocycles. The van der Waals surface area contributed by atoms with Crippen LogP contribution in [0.1, 0.15) is 16.7 Å². The number of esters is 1. The molecule has 0 unspecified atom stereocenters. The average molecular weight is 331 g/mol. The van der Waals surface area contributed by atoms with Crippen molar-refractivity contribution in [2.75, 3.05) is 0 Å². The molecule has 25 heavy (non-hydrogen) atoms. The fourth-order valence-electron chi connectivity index (χ4n) is 2.90. The number of fused-ring (bicyclic) bond motifs is 1. The van der Waals surface area contributed by atoms with E-state index in [1.807, 2.05) is 43.3 Å². The molecule has 0 radical (unpaired) electrons. The molecule has 3 aromatic carbocycles. The van der Waals surface area contributed by atoms with E-state index in [-0.39, 0.29) is 11.6 Å². The number of halogens is 1. The van der Waals surface area contributed by atoms with Crippen molar-refractivity contribution in [3.8, 4) is 0 Å². The molecule has 1 aliphatic rings. The molecular formula is C21H14FNO2. The Hall–Kier alpha value is -3.27. The van der Waals surface area contributed by atoms with Crippen molar-refractivity contribution in [2.24, 2.45) is 4.99 Å². The van der Waals surface area contributed by atoms with E-state index in [1.54, 1.807) is 18.2 Å². The van der Waals surface area contributed by atoms with Crippen LogP contribution in [0.5, 0.6) is 0 Å². The molecule has 4 rings (SSSR count). The van der Waals surface area contributed by atoms with Gasteiger partial charge in [0.1, 0.15) is 5.82 Å². The number of nitrogens with zero attached hydrogens (tertiary/aromatic N) is 1. The Kier molecular flexibility index (Phi) is 3.65. The van der Waals surface area contributed by atoms with Crippen molar-refractivity contribution in [2.45, 2.75) is 6.92 Å². The van der Waals surface area contributed by atoms with Gasteiger partial charge in [-0.15, -0.1) is 0 Å². The number of benzene rings is 3. The third-order valence-corrected chi connectivity index (χ3v) is 4.16. The van der Waals surface area contributed by atoms with Gasteiger partial charge in [0.05, 0.1) is 0 Å². The van der Waals surface area contributed by atoms with Crippen molar-refractivity contribution >= 4 is 28.7 Å². The summed E-state index contributed by atoms with van der Waals surface area (Å²) in [5.74, 6) is -0.825. The van der Waals surface area contributed by atoms with Crippen LogP contribution < -0.4 is 0 Å². The molecule has 1 aliphatic heterocycles. The highest BCUT2D eigenvalue weighted by Gasteiger charge is 2.24. The first-order chi connectivity index (χ1) is 12.1. The lowest BCUT2D eigenvalue weighted by atomic mass is 10.00. The third-order valence-electron chi connectivity index (χ3n) is 4.16. The van der Waals surface area contributed by atoms with E-state index in [2.05, 4.69) is 4.99 Å². The summed E-state index contributed by atoms with van der Waals surface area (Å²) in [5.41, 5.74) is 2.69. The Bertz CT molecular complexity index is 1070. The van der Waals surface area contributed by atoms with Gasteiger partial charge in [-0.1, -0.05) is 42.5 Å². The molecule has 0 bridgehead atoms. The number of hydrogen-bond donors (Lipinski definition) is 0. The Morgan fingerprint density at radius 3 is 2.60 bits per heavy atom. The van der Waals surface area contributed by atoms with E-state index < -0.39 is 11.8 Å². The van der Waals surface area contributed by atoms with Gasteiger partial charge in [0.25, 0.3) is 0 Å². The monoisotopic (exact) mass is 331 g/mol. The summed E-state index contributed by atoms with van der Waals surface area (Å²) in [7, 11) is 0. The Morgan fingerprint density at radius 2 is 1.80 bits per heavy atom. The lowest BCUT2D eigenvalue weighted by Gasteiger charge is -2.05. The summed E-state index contributed by atoms with van der Waals surface area (Å²) in [5, 5.41) is 2.16. The summed E-state index contributed by atoms with van der Waals surface area (Å²) in [6.07, 6.45) is 1.70. The first-order valence-corrected chi connectivity index (χ1v) is 7.89. The van der Waals surface area contributed by atoms with Crippen molar-refractivity contribution in [1.29, 1.82) is 0 Å². The largest absolute Gasteiger partial charge is 0.402 e. The fraction of sp³-hybridized carbons (Fsp3) is 0.0476. The summed E-state index contributed by atoms with van der Waals surface area (Å²) in [6, 6.07) is 17.8. The van der Waals surface area contributed by atoms with Gasteiger partial charge in [-0.05, 0) is 53.1 Å². The van der Waals surface area contributed by atoms with Gasteiger partial charge in [-0.3, -0.25) is 0 Å². The number of aliphatic imine (C=N–C) groups is 1. The SMILES string of the molecule is Cc1ccc(C=C2N=C(c3cccc(F)c3)OC2=O)c2ccccc12. The van der Waals surface area contributed by atoms with E-state index in [1.165, 1.54) is 12.1 Å².